The van der Waals surface area contributed by atoms with Gasteiger partial charge in [-0.05, 0) is 64.4 Å². The number of carbonyl (C=O) groups excluding carboxylic acids is 8. The molecule has 1 heterocycles. The third-order valence-electron chi connectivity index (χ3n) is 14.4. The van der Waals surface area contributed by atoms with Gasteiger partial charge in [0.25, 0.3) is 5.91 Å². The van der Waals surface area contributed by atoms with Crippen molar-refractivity contribution in [2.75, 3.05) is 61.7 Å². The number of esters is 1. The maximum atomic E-state index is 14.7. The Kier molecular flexibility index (Phi) is 29.1. The molecule has 10 atom stereocenters. The van der Waals surface area contributed by atoms with Crippen molar-refractivity contribution in [2.45, 2.75) is 156 Å². The van der Waals surface area contributed by atoms with Gasteiger partial charge in [0.15, 0.2) is 11.6 Å². The van der Waals surface area contributed by atoms with Gasteiger partial charge in [-0.25, -0.2) is 0 Å². The second-order valence-corrected chi connectivity index (χ2v) is 21.2. The van der Waals surface area contributed by atoms with Crippen molar-refractivity contribution in [1.82, 2.24) is 20.0 Å². The Morgan fingerprint density at radius 2 is 1.48 bits per heavy atom. The average molecular weight is 1090 g/mol. The number of nitrogens with zero attached hydrogens (tertiary/aromatic N) is 3. The van der Waals surface area contributed by atoms with Gasteiger partial charge in [0, 0.05) is 85.2 Å². The number of allylic oxidation sites excluding steroid dienone is 1. The number of hydrogen-bond acceptors (Lipinski definition) is 13. The summed E-state index contributed by atoms with van der Waals surface area (Å²) < 4.78 is 22.3. The molecule has 2 unspecified atom stereocenters. The predicted molar refractivity (Wildman–Crippen MR) is 282 cm³/mol. The lowest BCUT2D eigenvalue weighted by Crippen LogP contribution is -2.54. The van der Waals surface area contributed by atoms with Gasteiger partial charge in [-0.2, -0.15) is 0 Å². The molecule has 0 radical (unpaired) electrons. The van der Waals surface area contributed by atoms with Gasteiger partial charge in [-0.15, -0.1) is 0 Å². The number of amides is 4. The third kappa shape index (κ3) is 20.0. The van der Waals surface area contributed by atoms with Crippen molar-refractivity contribution in [1.29, 1.82) is 0 Å². The van der Waals surface area contributed by atoms with Gasteiger partial charge in [-0.3, -0.25) is 38.4 Å². The number of likely N-dealkylation sites (tertiary alicyclic amines) is 1. The molecule has 18 heteroatoms. The molecule has 2 N–H and O–H groups in total. The molecule has 0 bridgehead atoms. The minimum Gasteiger partial charge on any atom is -0.469 e. The molecule has 73 heavy (non-hydrogen) atoms. The fourth-order valence-electron chi connectivity index (χ4n) is 9.86. The fourth-order valence-corrected chi connectivity index (χ4v) is 10.3. The number of rotatable bonds is 34. The number of Topliss-reactive ketones (excluding diaryl/α,β-unsaturated/α-hetero) is 2. The first kappa shape index (κ1) is 64.8. The number of halogens is 1. The van der Waals surface area contributed by atoms with E-state index >= 15 is 0 Å². The molecule has 0 saturated carbocycles. The lowest BCUT2D eigenvalue weighted by Gasteiger charge is -2.41. The number of likely N-dealkylation sites (N-methyl/N-ethyl adjacent to an activating group) is 2. The Morgan fingerprint density at radius 1 is 0.822 bits per heavy atom. The second-order valence-electron chi connectivity index (χ2n) is 20.3. The first-order valence-corrected chi connectivity index (χ1v) is 26.7. The summed E-state index contributed by atoms with van der Waals surface area (Å²) in [6, 6.07) is 7.56. The van der Waals surface area contributed by atoms with Gasteiger partial charge < -0.3 is 44.1 Å². The number of nitrogens with one attached hydrogen (secondary N) is 1. The maximum Gasteiger partial charge on any atom is 0.307 e. The van der Waals surface area contributed by atoms with Crippen molar-refractivity contribution in [3.63, 3.8) is 0 Å². The Bertz CT molecular complexity index is 1980. The largest absolute Gasteiger partial charge is 0.469 e. The molecule has 0 aromatic heterocycles. The first-order chi connectivity index (χ1) is 34.5. The number of aliphatic hydroxyl groups is 1. The quantitative estimate of drug-likeness (QED) is 0.0420. The summed E-state index contributed by atoms with van der Waals surface area (Å²) >= 11 is 3.08. The van der Waals surface area contributed by atoms with Crippen molar-refractivity contribution in [3.05, 3.63) is 46.5 Å². The van der Waals surface area contributed by atoms with Crippen LogP contribution in [0.15, 0.2) is 40.9 Å². The standard InChI is InChI=1S/C55H87BrN4O13/c1-14-36(6)51(46(70-11)33-48(65)60-27-18-23-43(60)53(72-13)38(8)44(62)30-37(7)52(67)39-20-16-15-17-21-39)59(10)55(69)41(34(2)3)32-45(63)50(35(4)5)58(9)47(64)25-29-73-28-19-22-40(61)31-42(56)54(68)57-26-24-49(66)71-12/h15-17,20-21,31,34-38,41,43,46,50-53,67H,14,18-19,22-30,32-33H2,1-13H3,(H,57,68)/b42-31+/t36?,37-,38-,41-,43-,46?,50-,51-,52+,53+/m0/s1. The van der Waals surface area contributed by atoms with E-state index in [0.717, 1.165) is 18.1 Å². The van der Waals surface area contributed by atoms with Crippen LogP contribution in [0.1, 0.15) is 131 Å². The number of ether oxygens (including phenoxy) is 4. The number of methoxy groups -OCH3 is 3. The number of benzene rings is 1. The van der Waals surface area contributed by atoms with Crippen LogP contribution >= 0.6 is 15.9 Å². The van der Waals surface area contributed by atoms with Crippen molar-refractivity contribution in [2.24, 2.45) is 35.5 Å². The highest BCUT2D eigenvalue weighted by atomic mass is 79.9. The monoisotopic (exact) mass is 1090 g/mol. The number of ketones is 3. The Morgan fingerprint density at radius 3 is 2.05 bits per heavy atom. The van der Waals surface area contributed by atoms with E-state index in [9.17, 15) is 43.5 Å². The Labute approximate surface area is 443 Å². The van der Waals surface area contributed by atoms with Gasteiger partial charge >= 0.3 is 5.97 Å². The van der Waals surface area contributed by atoms with E-state index < -0.39 is 54.1 Å². The number of carbonyl (C=O) groups is 8. The van der Waals surface area contributed by atoms with Gasteiger partial charge in [0.05, 0.1) is 73.9 Å². The molecule has 0 spiro atoms. The summed E-state index contributed by atoms with van der Waals surface area (Å²) in [5.74, 6) is -4.58. The Hall–Kier alpha value is -4.36. The molecule has 0 aliphatic carbocycles. The maximum absolute atomic E-state index is 14.7. The van der Waals surface area contributed by atoms with Gasteiger partial charge in [-0.1, -0.05) is 92.1 Å². The van der Waals surface area contributed by atoms with Crippen LogP contribution in [0.3, 0.4) is 0 Å². The van der Waals surface area contributed by atoms with Crippen LogP contribution in [0.5, 0.6) is 0 Å². The highest BCUT2D eigenvalue weighted by molar-refractivity contribution is 9.12. The third-order valence-corrected chi connectivity index (χ3v) is 15.0. The summed E-state index contributed by atoms with van der Waals surface area (Å²) in [5, 5.41) is 13.5. The average Bonchev–Trinajstić information content (AvgIpc) is 3.85. The highest BCUT2D eigenvalue weighted by Gasteiger charge is 2.43. The summed E-state index contributed by atoms with van der Waals surface area (Å²) in [6.45, 7) is 16.0. The van der Waals surface area contributed by atoms with Crippen LogP contribution in [0, 0.1) is 35.5 Å². The normalized spacial score (nSPS) is 17.7. The van der Waals surface area contributed by atoms with E-state index in [0.29, 0.717) is 25.8 Å². The fraction of sp³-hybridized carbons (Fsp3) is 0.709. The molecule has 1 aliphatic heterocycles. The lowest BCUT2D eigenvalue weighted by atomic mass is 9.83. The van der Waals surface area contributed by atoms with Gasteiger partial charge in [0.1, 0.15) is 5.78 Å². The summed E-state index contributed by atoms with van der Waals surface area (Å²) in [4.78, 5) is 111. The highest BCUT2D eigenvalue weighted by Crippen LogP contribution is 2.33. The smallest absolute Gasteiger partial charge is 0.307 e. The van der Waals surface area contributed by atoms with Crippen LogP contribution in [-0.4, -0.2) is 159 Å². The molecule has 17 nitrogen and oxygen atoms in total. The molecule has 1 aromatic rings. The second kappa shape index (κ2) is 32.8. The predicted octanol–water partition coefficient (Wildman–Crippen LogP) is 6.66. The SMILES string of the molecule is CCC(C)[C@@H](C(CC(=O)N1CCC[C@H]1[C@H](OC)[C@@H](C)C(=O)C[C@H](C)[C@@H](O)c1ccccc1)OC)N(C)C(=O)[C@@H](CC(=O)[C@H](C(C)C)N(C)C(=O)CCOCCCC(=O)/C=C(/Br)C(=O)NCCC(=O)OC)C(C)C. The molecular formula is C55H87BrN4O13. The molecule has 1 fully saturated rings. The zero-order valence-corrected chi connectivity index (χ0v) is 47.4. The first-order valence-electron chi connectivity index (χ1n) is 26.0. The van der Waals surface area contributed by atoms with Crippen molar-refractivity contribution < 1.29 is 62.4 Å². The van der Waals surface area contributed by atoms with Crippen LogP contribution in [0.4, 0.5) is 0 Å². The van der Waals surface area contributed by atoms with E-state index in [1.54, 1.807) is 31.0 Å². The van der Waals surface area contributed by atoms with Crippen LogP contribution in [0.25, 0.3) is 0 Å². The number of aliphatic hydroxyl groups excluding tert-OH is 1. The topological polar surface area (TPSA) is 215 Å². The zero-order valence-electron chi connectivity index (χ0n) is 45.9. The van der Waals surface area contributed by atoms with Gasteiger partial charge in [0.2, 0.25) is 17.7 Å². The van der Waals surface area contributed by atoms with Crippen LogP contribution < -0.4 is 5.32 Å². The molecule has 2 rings (SSSR count). The van der Waals surface area contributed by atoms with E-state index in [1.807, 2.05) is 85.7 Å². The molecule has 412 valence electrons. The van der Waals surface area contributed by atoms with Crippen LogP contribution in [0.2, 0.25) is 0 Å². The molecule has 1 aromatic carbocycles. The summed E-state index contributed by atoms with van der Waals surface area (Å²) in [7, 11) is 7.63. The van der Waals surface area contributed by atoms with E-state index in [4.69, 9.17) is 14.2 Å². The van der Waals surface area contributed by atoms with E-state index in [1.165, 1.54) is 19.1 Å². The molecular weight excluding hydrogens is 1000 g/mol. The summed E-state index contributed by atoms with van der Waals surface area (Å²) in [5.41, 5.74) is 0.746. The van der Waals surface area contributed by atoms with Crippen molar-refractivity contribution in [3.8, 4) is 0 Å². The van der Waals surface area contributed by atoms with E-state index in [2.05, 4.69) is 26.0 Å². The lowest BCUT2D eigenvalue weighted by molar-refractivity contribution is -0.149. The number of hydrogen-bond donors (Lipinski definition) is 2. The minimum absolute atomic E-state index is 0.00325. The zero-order chi connectivity index (χ0) is 55.1. The van der Waals surface area contributed by atoms with Crippen LogP contribution in [-0.2, 0) is 57.3 Å². The molecule has 1 aliphatic rings. The molecule has 4 amide bonds. The summed E-state index contributed by atoms with van der Waals surface area (Å²) in [6.07, 6.45) is 1.60. The Balaban J connectivity index is 2.10. The molecule has 1 saturated heterocycles. The minimum atomic E-state index is -0.811. The van der Waals surface area contributed by atoms with Crippen molar-refractivity contribution >= 4 is 62.9 Å². The van der Waals surface area contributed by atoms with E-state index in [-0.39, 0.29) is 128 Å².